The molecule has 0 aliphatic carbocycles. The van der Waals surface area contributed by atoms with Crippen molar-refractivity contribution in [3.63, 3.8) is 0 Å². The SMILES string of the molecule is CCc1ccc(C=C(C(=O)O)c2ccccc2)o1. The Morgan fingerprint density at radius 3 is 2.50 bits per heavy atom. The van der Waals surface area contributed by atoms with E-state index < -0.39 is 5.97 Å². The Kier molecular flexibility index (Phi) is 3.63. The molecule has 1 aromatic carbocycles. The largest absolute Gasteiger partial charge is 0.478 e. The predicted octanol–water partition coefficient (Wildman–Crippen LogP) is 3.47. The van der Waals surface area contributed by atoms with Gasteiger partial charge in [0, 0.05) is 6.42 Å². The molecule has 0 atom stereocenters. The van der Waals surface area contributed by atoms with Gasteiger partial charge in [-0.1, -0.05) is 37.3 Å². The lowest BCUT2D eigenvalue weighted by Gasteiger charge is -2.01. The normalized spacial score (nSPS) is 11.5. The summed E-state index contributed by atoms with van der Waals surface area (Å²) in [7, 11) is 0. The minimum Gasteiger partial charge on any atom is -0.478 e. The van der Waals surface area contributed by atoms with Crippen LogP contribution >= 0.6 is 0 Å². The van der Waals surface area contributed by atoms with Crippen molar-refractivity contribution < 1.29 is 14.3 Å². The third kappa shape index (κ3) is 2.69. The molecule has 0 saturated heterocycles. The zero-order valence-electron chi connectivity index (χ0n) is 10.1. The number of aryl methyl sites for hydroxylation is 1. The second-order valence-corrected chi connectivity index (χ2v) is 3.89. The first-order chi connectivity index (χ1) is 8.70. The Balaban J connectivity index is 2.39. The molecule has 0 radical (unpaired) electrons. The molecule has 1 N–H and O–H groups in total. The van der Waals surface area contributed by atoms with Gasteiger partial charge in [-0.05, 0) is 23.8 Å². The molecule has 18 heavy (non-hydrogen) atoms. The fourth-order valence-corrected chi connectivity index (χ4v) is 1.69. The van der Waals surface area contributed by atoms with Gasteiger partial charge >= 0.3 is 5.97 Å². The summed E-state index contributed by atoms with van der Waals surface area (Å²) >= 11 is 0. The van der Waals surface area contributed by atoms with Gasteiger partial charge in [-0.2, -0.15) is 0 Å². The first kappa shape index (κ1) is 12.2. The fourth-order valence-electron chi connectivity index (χ4n) is 1.69. The number of aliphatic carboxylic acids is 1. The number of carbonyl (C=O) groups is 1. The maximum Gasteiger partial charge on any atom is 0.336 e. The van der Waals surface area contributed by atoms with Crippen LogP contribution in [-0.2, 0) is 11.2 Å². The highest BCUT2D eigenvalue weighted by Crippen LogP contribution is 2.20. The standard InChI is InChI=1S/C15H14O3/c1-2-12-8-9-13(18-12)10-14(15(16)17)11-6-4-3-5-7-11/h3-10H,2H2,1H3,(H,16,17). The molecule has 0 fully saturated rings. The van der Waals surface area contributed by atoms with E-state index in [0.717, 1.165) is 12.2 Å². The Labute approximate surface area is 105 Å². The number of carboxylic acids is 1. The van der Waals surface area contributed by atoms with Gasteiger partial charge < -0.3 is 9.52 Å². The van der Waals surface area contributed by atoms with Crippen molar-refractivity contribution in [1.82, 2.24) is 0 Å². The van der Waals surface area contributed by atoms with Crippen LogP contribution in [0.15, 0.2) is 46.9 Å². The zero-order chi connectivity index (χ0) is 13.0. The zero-order valence-corrected chi connectivity index (χ0v) is 10.1. The van der Waals surface area contributed by atoms with Crippen LogP contribution in [0.1, 0.15) is 24.0 Å². The highest BCUT2D eigenvalue weighted by atomic mass is 16.4. The molecule has 1 aromatic heterocycles. The van der Waals surface area contributed by atoms with Crippen molar-refractivity contribution in [2.24, 2.45) is 0 Å². The molecular weight excluding hydrogens is 228 g/mol. The van der Waals surface area contributed by atoms with E-state index in [2.05, 4.69) is 0 Å². The summed E-state index contributed by atoms with van der Waals surface area (Å²) < 4.78 is 5.50. The maximum absolute atomic E-state index is 11.3. The van der Waals surface area contributed by atoms with Crippen LogP contribution < -0.4 is 0 Å². The van der Waals surface area contributed by atoms with Crippen LogP contribution in [0.25, 0.3) is 11.6 Å². The van der Waals surface area contributed by atoms with E-state index in [1.54, 1.807) is 24.3 Å². The van der Waals surface area contributed by atoms with Crippen LogP contribution in [0.3, 0.4) is 0 Å². The van der Waals surface area contributed by atoms with Crippen molar-refractivity contribution in [2.75, 3.05) is 0 Å². The molecule has 0 bridgehead atoms. The van der Waals surface area contributed by atoms with Crippen molar-refractivity contribution in [2.45, 2.75) is 13.3 Å². The van der Waals surface area contributed by atoms with E-state index in [4.69, 9.17) is 4.42 Å². The second kappa shape index (κ2) is 5.36. The third-order valence-electron chi connectivity index (χ3n) is 2.63. The summed E-state index contributed by atoms with van der Waals surface area (Å²) in [6.45, 7) is 1.99. The minimum absolute atomic E-state index is 0.229. The number of furan rings is 1. The molecular formula is C15H14O3. The van der Waals surface area contributed by atoms with E-state index in [1.807, 2.05) is 31.2 Å². The Morgan fingerprint density at radius 1 is 1.22 bits per heavy atom. The van der Waals surface area contributed by atoms with Crippen LogP contribution in [0, 0.1) is 0 Å². The minimum atomic E-state index is -0.962. The van der Waals surface area contributed by atoms with Gasteiger partial charge in [0.25, 0.3) is 0 Å². The van der Waals surface area contributed by atoms with Gasteiger partial charge in [0.1, 0.15) is 11.5 Å². The molecule has 3 heteroatoms. The van der Waals surface area contributed by atoms with Crippen LogP contribution in [0.4, 0.5) is 0 Å². The van der Waals surface area contributed by atoms with Gasteiger partial charge in [0.2, 0.25) is 0 Å². The second-order valence-electron chi connectivity index (χ2n) is 3.89. The van der Waals surface area contributed by atoms with E-state index >= 15 is 0 Å². The molecule has 92 valence electrons. The van der Waals surface area contributed by atoms with Gasteiger partial charge in [-0.15, -0.1) is 0 Å². The Morgan fingerprint density at radius 2 is 1.94 bits per heavy atom. The first-order valence-electron chi connectivity index (χ1n) is 5.80. The smallest absolute Gasteiger partial charge is 0.336 e. The molecule has 0 aliphatic heterocycles. The number of hydrogen-bond donors (Lipinski definition) is 1. The van der Waals surface area contributed by atoms with E-state index in [9.17, 15) is 9.90 Å². The van der Waals surface area contributed by atoms with Gasteiger partial charge in [-0.3, -0.25) is 0 Å². The Hall–Kier alpha value is -2.29. The van der Waals surface area contributed by atoms with Crippen LogP contribution in [0.5, 0.6) is 0 Å². The molecule has 0 amide bonds. The summed E-state index contributed by atoms with van der Waals surface area (Å²) in [6.07, 6.45) is 2.35. The molecule has 0 spiro atoms. The van der Waals surface area contributed by atoms with Gasteiger partial charge in [0.05, 0.1) is 5.57 Å². The monoisotopic (exact) mass is 242 g/mol. The average Bonchev–Trinajstić information content (AvgIpc) is 2.84. The molecule has 0 aliphatic rings. The molecule has 0 unspecified atom stereocenters. The molecule has 1 heterocycles. The number of benzene rings is 1. The van der Waals surface area contributed by atoms with Crippen molar-refractivity contribution in [3.8, 4) is 0 Å². The van der Waals surface area contributed by atoms with Crippen molar-refractivity contribution in [1.29, 1.82) is 0 Å². The molecule has 3 nitrogen and oxygen atoms in total. The number of rotatable bonds is 4. The van der Waals surface area contributed by atoms with Gasteiger partial charge in [-0.25, -0.2) is 4.79 Å². The lowest BCUT2D eigenvalue weighted by atomic mass is 10.1. The van der Waals surface area contributed by atoms with Crippen molar-refractivity contribution >= 4 is 17.6 Å². The lowest BCUT2D eigenvalue weighted by molar-refractivity contribution is -0.130. The van der Waals surface area contributed by atoms with Crippen molar-refractivity contribution in [3.05, 3.63) is 59.5 Å². The van der Waals surface area contributed by atoms with E-state index in [0.29, 0.717) is 11.3 Å². The van der Waals surface area contributed by atoms with Crippen LogP contribution in [-0.4, -0.2) is 11.1 Å². The Bertz CT molecular complexity index is 564. The van der Waals surface area contributed by atoms with E-state index in [-0.39, 0.29) is 5.57 Å². The highest BCUT2D eigenvalue weighted by Gasteiger charge is 2.11. The molecule has 2 aromatic rings. The highest BCUT2D eigenvalue weighted by molar-refractivity contribution is 6.20. The summed E-state index contributed by atoms with van der Waals surface area (Å²) in [5.74, 6) is 0.447. The quantitative estimate of drug-likeness (QED) is 0.835. The lowest BCUT2D eigenvalue weighted by Crippen LogP contribution is -1.99. The van der Waals surface area contributed by atoms with Crippen LogP contribution in [0.2, 0.25) is 0 Å². The summed E-state index contributed by atoms with van der Waals surface area (Å²) in [5.41, 5.74) is 0.895. The van der Waals surface area contributed by atoms with E-state index in [1.165, 1.54) is 0 Å². The fraction of sp³-hybridized carbons (Fsp3) is 0.133. The summed E-state index contributed by atoms with van der Waals surface area (Å²) in [4.78, 5) is 11.3. The first-order valence-corrected chi connectivity index (χ1v) is 5.80. The third-order valence-corrected chi connectivity index (χ3v) is 2.63. The predicted molar refractivity (Wildman–Crippen MR) is 70.0 cm³/mol. The van der Waals surface area contributed by atoms with Gasteiger partial charge in [0.15, 0.2) is 0 Å². The number of hydrogen-bond acceptors (Lipinski definition) is 2. The molecule has 0 saturated carbocycles. The topological polar surface area (TPSA) is 50.4 Å². The summed E-state index contributed by atoms with van der Waals surface area (Å²) in [5, 5.41) is 9.24. The summed E-state index contributed by atoms with van der Waals surface area (Å²) in [6, 6.07) is 12.6. The number of carboxylic acid groups (broad SMARTS) is 1. The average molecular weight is 242 g/mol. The maximum atomic E-state index is 11.3. The molecule has 2 rings (SSSR count).